The summed E-state index contributed by atoms with van der Waals surface area (Å²) in [5.74, 6) is 0.123. The lowest BCUT2D eigenvalue weighted by atomic mass is 10.2. The van der Waals surface area contributed by atoms with Gasteiger partial charge in [-0.2, -0.15) is 27.8 Å². The fourth-order valence-corrected chi connectivity index (χ4v) is 1.81. The SMILES string of the molecule is CNc1nc2c(OCC(F)(F)F)c(-c3cn[nH]c3)ncn2n1. The first-order valence-corrected chi connectivity index (χ1v) is 6.10. The zero-order valence-electron chi connectivity index (χ0n) is 11.2. The second-order valence-electron chi connectivity index (χ2n) is 4.27. The van der Waals surface area contributed by atoms with E-state index < -0.39 is 12.8 Å². The first kappa shape index (κ1) is 14.1. The van der Waals surface area contributed by atoms with E-state index >= 15 is 0 Å². The number of fused-ring (bicyclic) bond motifs is 1. The van der Waals surface area contributed by atoms with Crippen LogP contribution in [0.15, 0.2) is 18.7 Å². The summed E-state index contributed by atoms with van der Waals surface area (Å²) in [6, 6.07) is 0. The molecule has 3 aromatic heterocycles. The average Bonchev–Trinajstić information content (AvgIpc) is 3.12. The van der Waals surface area contributed by atoms with Gasteiger partial charge in [-0.15, -0.1) is 5.10 Å². The minimum Gasteiger partial charge on any atom is -0.478 e. The quantitative estimate of drug-likeness (QED) is 0.758. The molecular formula is C11H10F3N7O. The molecule has 0 saturated carbocycles. The zero-order chi connectivity index (χ0) is 15.7. The van der Waals surface area contributed by atoms with Crippen LogP contribution in [0.5, 0.6) is 5.75 Å². The fourth-order valence-electron chi connectivity index (χ4n) is 1.81. The molecule has 0 aliphatic carbocycles. The number of rotatable bonds is 4. The zero-order valence-corrected chi connectivity index (χ0v) is 11.2. The minimum absolute atomic E-state index is 0.116. The Kier molecular flexibility index (Phi) is 3.31. The fraction of sp³-hybridized carbons (Fsp3) is 0.273. The largest absolute Gasteiger partial charge is 0.478 e. The van der Waals surface area contributed by atoms with E-state index in [0.29, 0.717) is 5.56 Å². The van der Waals surface area contributed by atoms with E-state index in [-0.39, 0.29) is 23.0 Å². The predicted molar refractivity (Wildman–Crippen MR) is 69.5 cm³/mol. The number of nitrogens with zero attached hydrogens (tertiary/aromatic N) is 5. The molecular weight excluding hydrogens is 303 g/mol. The molecule has 0 atom stereocenters. The van der Waals surface area contributed by atoms with Crippen LogP contribution in [0.3, 0.4) is 0 Å². The summed E-state index contributed by atoms with van der Waals surface area (Å²) in [6.07, 6.45) is -0.221. The van der Waals surface area contributed by atoms with E-state index in [1.54, 1.807) is 7.05 Å². The number of aromatic nitrogens is 6. The van der Waals surface area contributed by atoms with E-state index in [0.717, 1.165) is 0 Å². The standard InChI is InChI=1S/C11H10F3N7O/c1-15-10-19-9-8(22-4-11(12,13)14)7(6-2-17-18-3-6)16-5-21(9)20-10/h2-3,5H,4H2,1H3,(H,15,20)(H,17,18). The van der Waals surface area contributed by atoms with Gasteiger partial charge >= 0.3 is 6.18 Å². The number of nitrogens with one attached hydrogen (secondary N) is 2. The van der Waals surface area contributed by atoms with Gasteiger partial charge in [-0.3, -0.25) is 5.10 Å². The third kappa shape index (κ3) is 2.64. The molecule has 0 aromatic carbocycles. The van der Waals surface area contributed by atoms with Crippen molar-refractivity contribution in [1.29, 1.82) is 0 Å². The Balaban J connectivity index is 2.13. The predicted octanol–water partition coefficient (Wildman–Crippen LogP) is 1.50. The third-order valence-electron chi connectivity index (χ3n) is 2.72. The van der Waals surface area contributed by atoms with Crippen LogP contribution in [0.2, 0.25) is 0 Å². The highest BCUT2D eigenvalue weighted by atomic mass is 19.4. The summed E-state index contributed by atoms with van der Waals surface area (Å²) in [4.78, 5) is 8.16. The molecule has 0 aliphatic rings. The Morgan fingerprint density at radius 3 is 2.86 bits per heavy atom. The monoisotopic (exact) mass is 313 g/mol. The van der Waals surface area contributed by atoms with Crippen molar-refractivity contribution in [2.45, 2.75) is 6.18 Å². The van der Waals surface area contributed by atoms with Crippen molar-refractivity contribution in [3.8, 4) is 17.0 Å². The molecule has 0 bridgehead atoms. The lowest BCUT2D eigenvalue weighted by Gasteiger charge is -2.12. The number of halogens is 3. The molecule has 0 radical (unpaired) electrons. The van der Waals surface area contributed by atoms with Crippen molar-refractivity contribution >= 4 is 11.6 Å². The topological polar surface area (TPSA) is 93.0 Å². The number of H-pyrrole nitrogens is 1. The van der Waals surface area contributed by atoms with Gasteiger partial charge in [0.25, 0.3) is 0 Å². The maximum absolute atomic E-state index is 12.5. The summed E-state index contributed by atoms with van der Waals surface area (Å²) < 4.78 is 43.6. The molecule has 3 aromatic rings. The normalized spacial score (nSPS) is 11.8. The molecule has 0 aliphatic heterocycles. The first-order valence-electron chi connectivity index (χ1n) is 6.10. The second-order valence-corrected chi connectivity index (χ2v) is 4.27. The average molecular weight is 313 g/mol. The molecule has 116 valence electrons. The molecule has 0 fully saturated rings. The molecule has 0 unspecified atom stereocenters. The van der Waals surface area contributed by atoms with Gasteiger partial charge in [0, 0.05) is 18.8 Å². The van der Waals surface area contributed by atoms with Crippen molar-refractivity contribution in [3.63, 3.8) is 0 Å². The van der Waals surface area contributed by atoms with Crippen LogP contribution in [0.1, 0.15) is 0 Å². The molecule has 0 amide bonds. The second kappa shape index (κ2) is 5.16. The van der Waals surface area contributed by atoms with Gasteiger partial charge in [0.05, 0.1) is 6.20 Å². The molecule has 3 rings (SSSR count). The van der Waals surface area contributed by atoms with Crippen LogP contribution in [0.25, 0.3) is 16.9 Å². The lowest BCUT2D eigenvalue weighted by Crippen LogP contribution is -2.20. The molecule has 22 heavy (non-hydrogen) atoms. The van der Waals surface area contributed by atoms with Crippen LogP contribution >= 0.6 is 0 Å². The van der Waals surface area contributed by atoms with Gasteiger partial charge in [0.15, 0.2) is 12.4 Å². The highest BCUT2D eigenvalue weighted by Gasteiger charge is 2.30. The van der Waals surface area contributed by atoms with E-state index in [9.17, 15) is 13.2 Å². The maximum atomic E-state index is 12.5. The third-order valence-corrected chi connectivity index (χ3v) is 2.72. The summed E-state index contributed by atoms with van der Waals surface area (Å²) in [6.45, 7) is -1.46. The summed E-state index contributed by atoms with van der Waals surface area (Å²) >= 11 is 0. The minimum atomic E-state index is -4.48. The molecule has 2 N–H and O–H groups in total. The number of aromatic amines is 1. The van der Waals surface area contributed by atoms with Gasteiger partial charge in [-0.25, -0.2) is 4.98 Å². The molecule has 11 heteroatoms. The van der Waals surface area contributed by atoms with Gasteiger partial charge < -0.3 is 10.1 Å². The first-order chi connectivity index (χ1) is 10.5. The van der Waals surface area contributed by atoms with Gasteiger partial charge in [0.2, 0.25) is 11.6 Å². The summed E-state index contributed by atoms with van der Waals surface area (Å²) in [7, 11) is 1.59. The number of hydrogen-bond donors (Lipinski definition) is 2. The maximum Gasteiger partial charge on any atom is 0.422 e. The van der Waals surface area contributed by atoms with Crippen LogP contribution in [-0.4, -0.2) is 49.6 Å². The van der Waals surface area contributed by atoms with E-state index in [2.05, 4.69) is 30.6 Å². The molecule has 8 nitrogen and oxygen atoms in total. The smallest absolute Gasteiger partial charge is 0.422 e. The van der Waals surface area contributed by atoms with Crippen LogP contribution in [0.4, 0.5) is 19.1 Å². The molecule has 3 heterocycles. The van der Waals surface area contributed by atoms with Crippen molar-refractivity contribution in [2.24, 2.45) is 0 Å². The van der Waals surface area contributed by atoms with E-state index in [1.807, 2.05) is 0 Å². The van der Waals surface area contributed by atoms with Crippen LogP contribution in [-0.2, 0) is 0 Å². The Morgan fingerprint density at radius 1 is 1.41 bits per heavy atom. The Hall–Kier alpha value is -2.85. The van der Waals surface area contributed by atoms with Crippen molar-refractivity contribution < 1.29 is 17.9 Å². The summed E-state index contributed by atoms with van der Waals surface area (Å²) in [5, 5.41) is 13.0. The highest BCUT2D eigenvalue weighted by molar-refractivity contribution is 5.73. The molecule has 0 saturated heterocycles. The van der Waals surface area contributed by atoms with Crippen molar-refractivity contribution in [2.75, 3.05) is 19.0 Å². The van der Waals surface area contributed by atoms with Crippen LogP contribution in [0, 0.1) is 0 Å². The van der Waals surface area contributed by atoms with Crippen molar-refractivity contribution in [1.82, 2.24) is 29.8 Å². The Labute approximate surface area is 121 Å². The van der Waals surface area contributed by atoms with Gasteiger partial charge in [0.1, 0.15) is 12.0 Å². The number of alkyl halides is 3. The number of hydrogen-bond acceptors (Lipinski definition) is 6. The van der Waals surface area contributed by atoms with Crippen molar-refractivity contribution in [3.05, 3.63) is 18.7 Å². The Morgan fingerprint density at radius 2 is 2.23 bits per heavy atom. The Bertz CT molecular complexity index is 781. The van der Waals surface area contributed by atoms with Gasteiger partial charge in [-0.1, -0.05) is 0 Å². The molecule has 0 spiro atoms. The number of ether oxygens (including phenoxy) is 1. The lowest BCUT2D eigenvalue weighted by molar-refractivity contribution is -0.153. The summed E-state index contributed by atoms with van der Waals surface area (Å²) in [5.41, 5.74) is 0.800. The van der Waals surface area contributed by atoms with Crippen LogP contribution < -0.4 is 10.1 Å². The van der Waals surface area contributed by atoms with E-state index in [4.69, 9.17) is 4.74 Å². The number of anilines is 1. The van der Waals surface area contributed by atoms with Gasteiger partial charge in [-0.05, 0) is 0 Å². The van der Waals surface area contributed by atoms with E-state index in [1.165, 1.54) is 23.2 Å². The highest BCUT2D eigenvalue weighted by Crippen LogP contribution is 2.32.